The van der Waals surface area contributed by atoms with E-state index in [1.165, 1.54) is 0 Å². The number of anilines is 2. The predicted octanol–water partition coefficient (Wildman–Crippen LogP) is 2.38. The van der Waals surface area contributed by atoms with Crippen molar-refractivity contribution in [2.24, 2.45) is 7.05 Å². The van der Waals surface area contributed by atoms with E-state index in [0.29, 0.717) is 17.9 Å². The van der Waals surface area contributed by atoms with E-state index in [4.69, 9.17) is 4.52 Å². The lowest BCUT2D eigenvalue weighted by molar-refractivity contribution is 0.246. The summed E-state index contributed by atoms with van der Waals surface area (Å²) >= 11 is 0. The van der Waals surface area contributed by atoms with Crippen molar-refractivity contribution in [1.82, 2.24) is 20.3 Å². The average Bonchev–Trinajstić information content (AvgIpc) is 3.10. The highest BCUT2D eigenvalue weighted by Gasteiger charge is 2.24. The van der Waals surface area contributed by atoms with Gasteiger partial charge in [-0.1, -0.05) is 12.1 Å². The van der Waals surface area contributed by atoms with E-state index in [-0.39, 0.29) is 12.1 Å². The maximum Gasteiger partial charge on any atom is 0.319 e. The second-order valence-electron chi connectivity index (χ2n) is 6.57. The van der Waals surface area contributed by atoms with Gasteiger partial charge in [0.05, 0.1) is 5.69 Å². The molecule has 0 bridgehead atoms. The average molecular weight is 346 g/mol. The summed E-state index contributed by atoms with van der Waals surface area (Å²) < 4.78 is 7.05. The minimum atomic E-state index is -0.214. The van der Waals surface area contributed by atoms with Crippen molar-refractivity contribution >= 4 is 17.5 Å². The summed E-state index contributed by atoms with van der Waals surface area (Å²) in [7, 11) is 1.95. The first-order valence-corrected chi connectivity index (χ1v) is 8.76. The molecule has 3 heterocycles. The van der Waals surface area contributed by atoms with Crippen LogP contribution in [0.2, 0.25) is 0 Å². The zero-order chi connectivity index (χ0) is 18.0. The Kier molecular flexibility index (Phi) is 4.96. The van der Waals surface area contributed by atoms with E-state index in [1.807, 2.05) is 25.6 Å². The Morgan fingerprint density at radius 2 is 2.24 bits per heavy atom. The molecule has 136 valence electrons. The maximum atomic E-state index is 12.4. The molecular weight excluding hydrogens is 320 g/mol. The fraction of sp³-hybridized carbons (Fsp3) is 0.588. The fourth-order valence-electron chi connectivity index (χ4n) is 3.35. The van der Waals surface area contributed by atoms with Crippen LogP contribution < -0.4 is 15.5 Å². The minimum absolute atomic E-state index is 0.0919. The molecule has 2 N–H and O–H groups in total. The van der Waals surface area contributed by atoms with Gasteiger partial charge in [0.2, 0.25) is 0 Å². The van der Waals surface area contributed by atoms with Crippen LogP contribution in [0.25, 0.3) is 0 Å². The quantitative estimate of drug-likeness (QED) is 0.887. The van der Waals surface area contributed by atoms with Crippen LogP contribution in [0.1, 0.15) is 36.9 Å². The lowest BCUT2D eigenvalue weighted by atomic mass is 10.1. The van der Waals surface area contributed by atoms with Gasteiger partial charge in [0.1, 0.15) is 17.2 Å². The van der Waals surface area contributed by atoms with Gasteiger partial charge in [-0.25, -0.2) is 4.79 Å². The number of urea groups is 1. The van der Waals surface area contributed by atoms with Crippen molar-refractivity contribution < 1.29 is 9.32 Å². The molecule has 0 unspecified atom stereocenters. The molecule has 8 nitrogen and oxygen atoms in total. The lowest BCUT2D eigenvalue weighted by Crippen LogP contribution is -2.49. The van der Waals surface area contributed by atoms with Gasteiger partial charge in [-0.05, 0) is 33.1 Å². The number of rotatable bonds is 4. The largest absolute Gasteiger partial charge is 0.359 e. The SMILES string of the molecule is CCc1noc(C)c1NC(=O)N[C@H]1CCCN(c2cc(C)nn2C)C1. The molecule has 1 saturated heterocycles. The lowest BCUT2D eigenvalue weighted by Gasteiger charge is -2.34. The smallest absolute Gasteiger partial charge is 0.319 e. The summed E-state index contributed by atoms with van der Waals surface area (Å²) in [6.07, 6.45) is 2.70. The number of carbonyl (C=O) groups excluding carboxylic acids is 1. The Balaban J connectivity index is 1.61. The predicted molar refractivity (Wildman–Crippen MR) is 96.0 cm³/mol. The van der Waals surface area contributed by atoms with Crippen LogP contribution in [0, 0.1) is 13.8 Å². The molecular formula is C17H26N6O2. The van der Waals surface area contributed by atoms with Crippen molar-refractivity contribution in [2.45, 2.75) is 46.1 Å². The third-order valence-electron chi connectivity index (χ3n) is 4.56. The monoisotopic (exact) mass is 346 g/mol. The molecule has 0 radical (unpaired) electrons. The molecule has 8 heteroatoms. The van der Waals surface area contributed by atoms with Crippen LogP contribution in [0.15, 0.2) is 10.6 Å². The molecule has 0 aromatic carbocycles. The molecule has 0 aliphatic carbocycles. The summed E-state index contributed by atoms with van der Waals surface area (Å²) in [6, 6.07) is 1.96. The summed E-state index contributed by atoms with van der Waals surface area (Å²) in [6.45, 7) is 7.52. The Labute approximate surface area is 147 Å². The van der Waals surface area contributed by atoms with E-state index >= 15 is 0 Å². The second-order valence-corrected chi connectivity index (χ2v) is 6.57. The highest BCUT2D eigenvalue weighted by atomic mass is 16.5. The van der Waals surface area contributed by atoms with E-state index in [2.05, 4.69) is 31.9 Å². The molecule has 25 heavy (non-hydrogen) atoms. The second kappa shape index (κ2) is 7.16. The van der Waals surface area contributed by atoms with E-state index in [1.54, 1.807) is 6.92 Å². The molecule has 2 amide bonds. The number of aromatic nitrogens is 3. The topological polar surface area (TPSA) is 88.2 Å². The van der Waals surface area contributed by atoms with Crippen LogP contribution in [0.5, 0.6) is 0 Å². The first-order chi connectivity index (χ1) is 12.0. The molecule has 1 fully saturated rings. The number of hydrogen-bond donors (Lipinski definition) is 2. The van der Waals surface area contributed by atoms with Gasteiger partial charge in [0.25, 0.3) is 0 Å². The van der Waals surface area contributed by atoms with E-state index < -0.39 is 0 Å². The number of carbonyl (C=O) groups is 1. The summed E-state index contributed by atoms with van der Waals surface area (Å²) in [5.41, 5.74) is 2.44. The zero-order valence-electron chi connectivity index (χ0n) is 15.3. The zero-order valence-corrected chi connectivity index (χ0v) is 15.3. The van der Waals surface area contributed by atoms with Gasteiger partial charge in [-0.15, -0.1) is 0 Å². The van der Waals surface area contributed by atoms with Crippen LogP contribution in [-0.4, -0.2) is 40.1 Å². The molecule has 1 aliphatic heterocycles. The highest BCUT2D eigenvalue weighted by molar-refractivity contribution is 5.90. The van der Waals surface area contributed by atoms with Crippen molar-refractivity contribution in [3.05, 3.63) is 23.2 Å². The number of nitrogens with zero attached hydrogens (tertiary/aromatic N) is 4. The van der Waals surface area contributed by atoms with Crippen molar-refractivity contribution in [3.8, 4) is 0 Å². The first kappa shape index (κ1) is 17.3. The summed E-state index contributed by atoms with van der Waals surface area (Å²) in [5.74, 6) is 1.72. The number of hydrogen-bond acceptors (Lipinski definition) is 5. The molecule has 0 saturated carbocycles. The van der Waals surface area contributed by atoms with Crippen LogP contribution >= 0.6 is 0 Å². The normalized spacial score (nSPS) is 17.6. The Bertz CT molecular complexity index is 750. The molecule has 2 aromatic rings. The number of piperidine rings is 1. The highest BCUT2D eigenvalue weighted by Crippen LogP contribution is 2.22. The Morgan fingerprint density at radius 3 is 2.92 bits per heavy atom. The van der Waals surface area contributed by atoms with E-state index in [9.17, 15) is 4.79 Å². The minimum Gasteiger partial charge on any atom is -0.359 e. The molecule has 0 spiro atoms. The molecule has 1 aliphatic rings. The molecule has 3 rings (SSSR count). The molecule has 1 atom stereocenters. The molecule has 2 aromatic heterocycles. The third-order valence-corrected chi connectivity index (χ3v) is 4.56. The standard InChI is InChI=1S/C17H26N6O2/c1-5-14-16(12(3)25-21-14)19-17(24)18-13-7-6-8-23(10-13)15-9-11(2)20-22(15)4/h9,13H,5-8,10H2,1-4H3,(H2,18,19,24)/t13-/m0/s1. The Hall–Kier alpha value is -2.51. The summed E-state index contributed by atoms with van der Waals surface area (Å²) in [4.78, 5) is 14.7. The fourth-order valence-corrected chi connectivity index (χ4v) is 3.35. The van der Waals surface area contributed by atoms with Crippen molar-refractivity contribution in [1.29, 1.82) is 0 Å². The number of amides is 2. The van der Waals surface area contributed by atoms with Gasteiger partial charge in [0.15, 0.2) is 5.76 Å². The van der Waals surface area contributed by atoms with Gasteiger partial charge in [-0.2, -0.15) is 5.10 Å². The summed E-state index contributed by atoms with van der Waals surface area (Å²) in [5, 5.41) is 14.3. The van der Waals surface area contributed by atoms with Gasteiger partial charge in [-0.3, -0.25) is 4.68 Å². The van der Waals surface area contributed by atoms with Crippen LogP contribution in [0.3, 0.4) is 0 Å². The maximum absolute atomic E-state index is 12.4. The van der Waals surface area contributed by atoms with Crippen molar-refractivity contribution in [2.75, 3.05) is 23.3 Å². The van der Waals surface area contributed by atoms with Gasteiger partial charge in [0, 0.05) is 32.2 Å². The van der Waals surface area contributed by atoms with Gasteiger partial charge >= 0.3 is 6.03 Å². The Morgan fingerprint density at radius 1 is 1.44 bits per heavy atom. The number of nitrogens with one attached hydrogen (secondary N) is 2. The van der Waals surface area contributed by atoms with Crippen molar-refractivity contribution in [3.63, 3.8) is 0 Å². The first-order valence-electron chi connectivity index (χ1n) is 8.76. The third kappa shape index (κ3) is 3.78. The van der Waals surface area contributed by atoms with Crippen LogP contribution in [-0.2, 0) is 13.5 Å². The van der Waals surface area contributed by atoms with Crippen LogP contribution in [0.4, 0.5) is 16.3 Å². The van der Waals surface area contributed by atoms with Gasteiger partial charge < -0.3 is 20.1 Å². The number of aryl methyl sites for hydroxylation is 4. The van der Waals surface area contributed by atoms with E-state index in [0.717, 1.165) is 43.1 Å².